The topological polar surface area (TPSA) is 0 Å². The van der Waals surface area contributed by atoms with Crippen molar-refractivity contribution in [3.8, 4) is 11.1 Å². The molecule has 0 saturated heterocycles. The summed E-state index contributed by atoms with van der Waals surface area (Å²) in [5.74, 6) is 0. The van der Waals surface area contributed by atoms with Crippen molar-refractivity contribution in [3.63, 3.8) is 0 Å². The minimum atomic E-state index is 1.09. The third-order valence-corrected chi connectivity index (χ3v) is 4.57. The van der Waals surface area contributed by atoms with Gasteiger partial charge in [0, 0.05) is 0 Å². The fourth-order valence-corrected chi connectivity index (χ4v) is 3.39. The van der Waals surface area contributed by atoms with Crippen molar-refractivity contribution in [3.05, 3.63) is 66.1 Å². The van der Waals surface area contributed by atoms with Crippen LogP contribution >= 0.6 is 0 Å². The zero-order chi connectivity index (χ0) is 14.5. The molecule has 3 rings (SSSR count). The summed E-state index contributed by atoms with van der Waals surface area (Å²) in [6.07, 6.45) is 10.1. The molecule has 0 amide bonds. The van der Waals surface area contributed by atoms with Crippen LogP contribution in [0.5, 0.6) is 0 Å². The van der Waals surface area contributed by atoms with Gasteiger partial charge in [-0.1, -0.05) is 81.5 Å². The molecule has 2 aromatic rings. The lowest BCUT2D eigenvalue weighted by molar-refractivity contribution is 0.617. The fraction of sp³-hybridized carbons (Fsp3) is 0.381. The van der Waals surface area contributed by atoms with Gasteiger partial charge in [-0.3, -0.25) is 0 Å². The summed E-state index contributed by atoms with van der Waals surface area (Å²) in [6, 6.07) is 15.9. The Bertz CT molecular complexity index is 595. The summed E-state index contributed by atoms with van der Waals surface area (Å²) in [6.45, 7) is 3.90. The van der Waals surface area contributed by atoms with E-state index in [1.807, 2.05) is 0 Å². The average Bonchev–Trinajstić information content (AvgIpc) is 2.88. The highest BCUT2D eigenvalue weighted by Crippen LogP contribution is 2.36. The Labute approximate surface area is 129 Å². The fourth-order valence-electron chi connectivity index (χ4n) is 3.39. The maximum absolute atomic E-state index is 3.90. The Morgan fingerprint density at radius 2 is 1.52 bits per heavy atom. The van der Waals surface area contributed by atoms with Crippen molar-refractivity contribution in [2.75, 3.05) is 0 Å². The van der Waals surface area contributed by atoms with Gasteiger partial charge in [-0.25, -0.2) is 0 Å². The molecule has 0 atom stereocenters. The molecule has 0 saturated carbocycles. The first-order chi connectivity index (χ1) is 10.4. The molecule has 0 N–H and O–H groups in total. The van der Waals surface area contributed by atoms with E-state index in [1.165, 1.54) is 66.3 Å². The molecule has 0 aromatic heterocycles. The van der Waals surface area contributed by atoms with E-state index in [9.17, 15) is 0 Å². The number of hydrogen-bond donors (Lipinski definition) is 0. The van der Waals surface area contributed by atoms with Crippen LogP contribution in [0.1, 0.15) is 55.2 Å². The van der Waals surface area contributed by atoms with Crippen LogP contribution in [0.15, 0.2) is 42.5 Å². The standard InChI is InChI=1S/C21H25/c1-2-3-4-5-6-7-10-17-13-14-21-19(15-17)16-18-11-8-9-12-20(18)21/h8-9,11-15H,1-7,10,16H2. The average molecular weight is 277 g/mol. The van der Waals surface area contributed by atoms with E-state index >= 15 is 0 Å². The number of fused-ring (bicyclic) bond motifs is 3. The monoisotopic (exact) mass is 277 g/mol. The Balaban J connectivity index is 1.57. The molecule has 2 aromatic carbocycles. The Morgan fingerprint density at radius 3 is 2.43 bits per heavy atom. The highest BCUT2D eigenvalue weighted by atomic mass is 14.2. The van der Waals surface area contributed by atoms with Crippen molar-refractivity contribution >= 4 is 0 Å². The molecule has 0 spiro atoms. The Hall–Kier alpha value is -1.56. The highest BCUT2D eigenvalue weighted by molar-refractivity contribution is 5.76. The zero-order valence-electron chi connectivity index (χ0n) is 12.9. The molecule has 0 nitrogen and oxygen atoms in total. The van der Waals surface area contributed by atoms with Gasteiger partial charge in [-0.2, -0.15) is 0 Å². The van der Waals surface area contributed by atoms with Gasteiger partial charge in [-0.05, 0) is 47.1 Å². The largest absolute Gasteiger partial charge is 0.0619 e. The van der Waals surface area contributed by atoms with E-state index in [-0.39, 0.29) is 0 Å². The van der Waals surface area contributed by atoms with Gasteiger partial charge in [0.25, 0.3) is 0 Å². The van der Waals surface area contributed by atoms with Crippen molar-refractivity contribution in [2.45, 2.75) is 51.4 Å². The summed E-state index contributed by atoms with van der Waals surface area (Å²) >= 11 is 0. The van der Waals surface area contributed by atoms with Gasteiger partial charge in [0.15, 0.2) is 0 Å². The molecule has 109 valence electrons. The molecule has 1 aliphatic carbocycles. The maximum Gasteiger partial charge on any atom is -0.00134 e. The first-order valence-corrected chi connectivity index (χ1v) is 8.38. The quantitative estimate of drug-likeness (QED) is 0.466. The molecule has 0 aliphatic heterocycles. The zero-order valence-corrected chi connectivity index (χ0v) is 12.9. The number of aryl methyl sites for hydroxylation is 1. The number of rotatable bonds is 7. The van der Waals surface area contributed by atoms with Crippen LogP contribution in [0.25, 0.3) is 11.1 Å². The lowest BCUT2D eigenvalue weighted by Crippen LogP contribution is -1.89. The summed E-state index contributed by atoms with van der Waals surface area (Å²) in [5.41, 5.74) is 7.40. The Morgan fingerprint density at radius 1 is 0.762 bits per heavy atom. The molecular weight excluding hydrogens is 252 g/mol. The first-order valence-electron chi connectivity index (χ1n) is 8.38. The van der Waals surface area contributed by atoms with Crippen molar-refractivity contribution in [1.29, 1.82) is 0 Å². The predicted octanol–water partition coefficient (Wildman–Crippen LogP) is 5.97. The van der Waals surface area contributed by atoms with Gasteiger partial charge < -0.3 is 0 Å². The van der Waals surface area contributed by atoms with Gasteiger partial charge in [-0.15, -0.1) is 0 Å². The van der Waals surface area contributed by atoms with Crippen molar-refractivity contribution in [1.82, 2.24) is 0 Å². The minimum absolute atomic E-state index is 1.09. The lowest BCUT2D eigenvalue weighted by Gasteiger charge is -2.06. The van der Waals surface area contributed by atoms with Crippen LogP contribution in [-0.2, 0) is 12.8 Å². The van der Waals surface area contributed by atoms with E-state index < -0.39 is 0 Å². The van der Waals surface area contributed by atoms with E-state index in [1.54, 1.807) is 0 Å². The van der Waals surface area contributed by atoms with Crippen LogP contribution in [0, 0.1) is 6.92 Å². The summed E-state index contributed by atoms with van der Waals surface area (Å²) in [7, 11) is 0. The lowest BCUT2D eigenvalue weighted by atomic mass is 10.00. The molecule has 0 fully saturated rings. The summed E-state index contributed by atoms with van der Waals surface area (Å²) in [5, 5.41) is 0. The van der Waals surface area contributed by atoms with Crippen LogP contribution in [0.2, 0.25) is 0 Å². The molecule has 0 heterocycles. The SMILES string of the molecule is [CH2]CCCCCCCc1ccc2c(c1)Cc1ccccc1-2. The van der Waals surface area contributed by atoms with Crippen LogP contribution in [0.4, 0.5) is 0 Å². The van der Waals surface area contributed by atoms with E-state index in [0.29, 0.717) is 0 Å². The maximum atomic E-state index is 3.90. The number of hydrogen-bond acceptors (Lipinski definition) is 0. The normalized spacial score (nSPS) is 12.2. The summed E-state index contributed by atoms with van der Waals surface area (Å²) < 4.78 is 0. The molecule has 0 unspecified atom stereocenters. The van der Waals surface area contributed by atoms with Gasteiger partial charge in [0.1, 0.15) is 0 Å². The van der Waals surface area contributed by atoms with E-state index in [0.717, 1.165) is 12.8 Å². The Kier molecular flexibility index (Phi) is 4.75. The molecule has 0 heteroatoms. The predicted molar refractivity (Wildman–Crippen MR) is 91.4 cm³/mol. The minimum Gasteiger partial charge on any atom is -0.0619 e. The van der Waals surface area contributed by atoms with Crippen molar-refractivity contribution in [2.24, 2.45) is 0 Å². The second-order valence-corrected chi connectivity index (χ2v) is 6.20. The second-order valence-electron chi connectivity index (χ2n) is 6.20. The highest BCUT2D eigenvalue weighted by Gasteiger charge is 2.17. The van der Waals surface area contributed by atoms with Gasteiger partial charge in [0.05, 0.1) is 0 Å². The molecular formula is C21H25. The molecule has 21 heavy (non-hydrogen) atoms. The van der Waals surface area contributed by atoms with Gasteiger partial charge >= 0.3 is 0 Å². The summed E-state index contributed by atoms with van der Waals surface area (Å²) in [4.78, 5) is 0. The molecule has 1 aliphatic rings. The van der Waals surface area contributed by atoms with E-state index in [2.05, 4.69) is 49.4 Å². The van der Waals surface area contributed by atoms with E-state index in [4.69, 9.17) is 0 Å². The van der Waals surface area contributed by atoms with Gasteiger partial charge in [0.2, 0.25) is 0 Å². The number of unbranched alkanes of at least 4 members (excludes halogenated alkanes) is 5. The number of benzene rings is 2. The van der Waals surface area contributed by atoms with Crippen molar-refractivity contribution < 1.29 is 0 Å². The molecule has 0 bridgehead atoms. The molecule has 1 radical (unpaired) electrons. The third-order valence-electron chi connectivity index (χ3n) is 4.57. The van der Waals surface area contributed by atoms with Crippen LogP contribution < -0.4 is 0 Å². The third kappa shape index (κ3) is 3.37. The van der Waals surface area contributed by atoms with Crippen LogP contribution in [-0.4, -0.2) is 0 Å². The first kappa shape index (κ1) is 14.4. The van der Waals surface area contributed by atoms with Crippen LogP contribution in [0.3, 0.4) is 0 Å². The second kappa shape index (κ2) is 6.93. The smallest absolute Gasteiger partial charge is 0.00134 e.